The molecule has 112 valence electrons. The zero-order valence-corrected chi connectivity index (χ0v) is 13.9. The van der Waals surface area contributed by atoms with Gasteiger partial charge < -0.3 is 0 Å². The molecule has 0 unspecified atom stereocenters. The van der Waals surface area contributed by atoms with Crippen LogP contribution >= 0.6 is 0 Å². The zero-order chi connectivity index (χ0) is 13.9. The molecule has 0 bridgehead atoms. The summed E-state index contributed by atoms with van der Waals surface area (Å²) in [6, 6.07) is 0. The second-order valence-electron chi connectivity index (χ2n) is 8.50. The molecule has 0 radical (unpaired) electrons. The van der Waals surface area contributed by atoms with Crippen LogP contribution in [0.15, 0.2) is 0 Å². The number of hydrogen-bond donors (Lipinski definition) is 0. The van der Waals surface area contributed by atoms with Gasteiger partial charge in [0, 0.05) is 0 Å². The van der Waals surface area contributed by atoms with E-state index in [0.29, 0.717) is 10.8 Å². The van der Waals surface area contributed by atoms with E-state index in [0.717, 1.165) is 11.8 Å². The molecule has 0 aliphatic heterocycles. The number of rotatable bonds is 4. The first-order chi connectivity index (χ1) is 8.99. The van der Waals surface area contributed by atoms with E-state index < -0.39 is 0 Å². The second kappa shape index (κ2) is 6.19. The van der Waals surface area contributed by atoms with Crippen LogP contribution in [0, 0.1) is 22.7 Å². The van der Waals surface area contributed by atoms with E-state index in [9.17, 15) is 0 Å². The van der Waals surface area contributed by atoms with Crippen LogP contribution in [0.4, 0.5) is 0 Å². The molecule has 0 atom stereocenters. The Hall–Kier alpha value is 0. The Kier molecular flexibility index (Phi) is 5.01. The van der Waals surface area contributed by atoms with Gasteiger partial charge in [-0.3, -0.25) is 0 Å². The van der Waals surface area contributed by atoms with Crippen LogP contribution in [0.5, 0.6) is 0 Å². The standard InChI is InChI=1S/C19H36/c1-5-16-7-11-18(3,12-8-16)15-19(4)13-9-17(6-2)10-14-19/h16-17H,5-15H2,1-4H3. The van der Waals surface area contributed by atoms with E-state index in [1.807, 2.05) is 0 Å². The van der Waals surface area contributed by atoms with Crippen molar-refractivity contribution in [2.75, 3.05) is 0 Å². The molecule has 2 aliphatic carbocycles. The van der Waals surface area contributed by atoms with Crippen LogP contribution in [0.1, 0.15) is 98.3 Å². The van der Waals surface area contributed by atoms with Crippen molar-refractivity contribution < 1.29 is 0 Å². The van der Waals surface area contributed by atoms with E-state index in [-0.39, 0.29) is 0 Å². The van der Waals surface area contributed by atoms with E-state index >= 15 is 0 Å². The average Bonchev–Trinajstić information content (AvgIpc) is 2.40. The second-order valence-corrected chi connectivity index (χ2v) is 8.50. The topological polar surface area (TPSA) is 0 Å². The Labute approximate surface area is 121 Å². The van der Waals surface area contributed by atoms with E-state index in [2.05, 4.69) is 27.7 Å². The molecule has 2 aliphatic rings. The third-order valence-electron chi connectivity index (χ3n) is 6.63. The lowest BCUT2D eigenvalue weighted by atomic mass is 9.59. The molecule has 0 spiro atoms. The lowest BCUT2D eigenvalue weighted by Crippen LogP contribution is -2.34. The van der Waals surface area contributed by atoms with Crippen LogP contribution in [0.25, 0.3) is 0 Å². The molecular weight excluding hydrogens is 228 g/mol. The first kappa shape index (κ1) is 15.4. The minimum atomic E-state index is 0.666. The van der Waals surface area contributed by atoms with Crippen LogP contribution in [0.3, 0.4) is 0 Å². The van der Waals surface area contributed by atoms with Gasteiger partial charge in [-0.15, -0.1) is 0 Å². The lowest BCUT2D eigenvalue weighted by molar-refractivity contribution is 0.0547. The predicted octanol–water partition coefficient (Wildman–Crippen LogP) is 6.59. The van der Waals surface area contributed by atoms with Crippen molar-refractivity contribution in [2.24, 2.45) is 22.7 Å². The minimum absolute atomic E-state index is 0.666. The molecule has 0 aromatic carbocycles. The maximum atomic E-state index is 2.59. The Morgan fingerprint density at radius 1 is 0.684 bits per heavy atom. The molecular formula is C19H36. The summed E-state index contributed by atoms with van der Waals surface area (Å²) in [7, 11) is 0. The van der Waals surface area contributed by atoms with Crippen LogP contribution in [-0.4, -0.2) is 0 Å². The van der Waals surface area contributed by atoms with E-state index in [1.165, 1.54) is 70.6 Å². The fourth-order valence-corrected chi connectivity index (χ4v) is 4.95. The maximum Gasteiger partial charge on any atom is -0.0320 e. The molecule has 0 aromatic rings. The van der Waals surface area contributed by atoms with Gasteiger partial charge in [0.05, 0.1) is 0 Å². The third-order valence-corrected chi connectivity index (χ3v) is 6.63. The molecule has 0 aromatic heterocycles. The summed E-state index contributed by atoms with van der Waals surface area (Å²) in [6.45, 7) is 9.94. The fraction of sp³-hybridized carbons (Fsp3) is 1.00. The van der Waals surface area contributed by atoms with Gasteiger partial charge in [-0.1, -0.05) is 40.5 Å². The quantitative estimate of drug-likeness (QED) is 0.537. The van der Waals surface area contributed by atoms with Crippen molar-refractivity contribution in [2.45, 2.75) is 98.3 Å². The first-order valence-electron chi connectivity index (χ1n) is 8.99. The summed E-state index contributed by atoms with van der Waals surface area (Å²) in [6.07, 6.45) is 16.3. The Morgan fingerprint density at radius 3 is 1.26 bits per heavy atom. The van der Waals surface area contributed by atoms with Crippen molar-refractivity contribution in [3.8, 4) is 0 Å². The lowest BCUT2D eigenvalue weighted by Gasteiger charge is -2.46. The van der Waals surface area contributed by atoms with Gasteiger partial charge in [-0.25, -0.2) is 0 Å². The average molecular weight is 264 g/mol. The smallest absolute Gasteiger partial charge is 0.0320 e. The summed E-state index contributed by atoms with van der Waals surface area (Å²) in [5, 5.41) is 0. The van der Waals surface area contributed by atoms with Crippen molar-refractivity contribution in [1.82, 2.24) is 0 Å². The molecule has 2 fully saturated rings. The van der Waals surface area contributed by atoms with Gasteiger partial charge in [-0.2, -0.15) is 0 Å². The van der Waals surface area contributed by atoms with Crippen molar-refractivity contribution >= 4 is 0 Å². The highest BCUT2D eigenvalue weighted by atomic mass is 14.4. The van der Waals surface area contributed by atoms with Gasteiger partial charge in [0.15, 0.2) is 0 Å². The highest BCUT2D eigenvalue weighted by molar-refractivity contribution is 4.91. The molecule has 2 rings (SSSR count). The first-order valence-corrected chi connectivity index (χ1v) is 8.99. The summed E-state index contributed by atoms with van der Waals surface area (Å²) in [5.41, 5.74) is 1.33. The van der Waals surface area contributed by atoms with Crippen LogP contribution < -0.4 is 0 Å². The maximum absolute atomic E-state index is 2.59. The molecule has 0 amide bonds. The largest absolute Gasteiger partial charge is 0.0651 e. The van der Waals surface area contributed by atoms with Gasteiger partial charge in [0.25, 0.3) is 0 Å². The van der Waals surface area contributed by atoms with E-state index in [1.54, 1.807) is 0 Å². The normalized spacial score (nSPS) is 44.2. The molecule has 2 saturated carbocycles. The molecule has 0 nitrogen and oxygen atoms in total. The molecule has 19 heavy (non-hydrogen) atoms. The van der Waals surface area contributed by atoms with Gasteiger partial charge in [0.2, 0.25) is 0 Å². The highest BCUT2D eigenvalue weighted by Crippen LogP contribution is 2.52. The van der Waals surface area contributed by atoms with Crippen LogP contribution in [-0.2, 0) is 0 Å². The van der Waals surface area contributed by atoms with Gasteiger partial charge >= 0.3 is 0 Å². The van der Waals surface area contributed by atoms with Crippen molar-refractivity contribution in [3.05, 3.63) is 0 Å². The summed E-state index contributed by atoms with van der Waals surface area (Å²) in [5.74, 6) is 2.08. The van der Waals surface area contributed by atoms with Crippen LogP contribution in [0.2, 0.25) is 0 Å². The third kappa shape index (κ3) is 3.99. The van der Waals surface area contributed by atoms with Crippen molar-refractivity contribution in [3.63, 3.8) is 0 Å². The van der Waals surface area contributed by atoms with E-state index in [4.69, 9.17) is 0 Å². The summed E-state index contributed by atoms with van der Waals surface area (Å²) in [4.78, 5) is 0. The minimum Gasteiger partial charge on any atom is -0.0651 e. The fourth-order valence-electron chi connectivity index (χ4n) is 4.95. The summed E-state index contributed by atoms with van der Waals surface area (Å²) >= 11 is 0. The Bertz CT molecular complexity index is 234. The van der Waals surface area contributed by atoms with Gasteiger partial charge in [-0.05, 0) is 80.5 Å². The number of hydrogen-bond acceptors (Lipinski definition) is 0. The highest BCUT2D eigenvalue weighted by Gasteiger charge is 2.39. The molecule has 0 heterocycles. The SMILES string of the molecule is CCC1CCC(C)(CC2(C)CCC(CC)CC2)CC1. The molecule has 0 N–H and O–H groups in total. The monoisotopic (exact) mass is 264 g/mol. The predicted molar refractivity (Wildman–Crippen MR) is 85.3 cm³/mol. The zero-order valence-electron chi connectivity index (χ0n) is 13.9. The molecule has 0 saturated heterocycles. The van der Waals surface area contributed by atoms with Gasteiger partial charge in [0.1, 0.15) is 0 Å². The Balaban J connectivity index is 1.86. The molecule has 0 heteroatoms. The summed E-state index contributed by atoms with van der Waals surface area (Å²) < 4.78 is 0. The van der Waals surface area contributed by atoms with Crippen molar-refractivity contribution in [1.29, 1.82) is 0 Å². The Morgan fingerprint density at radius 2 is 1.00 bits per heavy atom.